The van der Waals surface area contributed by atoms with Crippen molar-refractivity contribution in [2.45, 2.75) is 57.4 Å². The molecular formula is C35H43N5O2. The zero-order valence-corrected chi connectivity index (χ0v) is 25.2. The molecule has 7 heteroatoms. The molecule has 3 fully saturated rings. The number of rotatable bonds is 9. The quantitative estimate of drug-likeness (QED) is 0.227. The molecule has 0 amide bonds. The van der Waals surface area contributed by atoms with Crippen molar-refractivity contribution < 1.29 is 9.47 Å². The van der Waals surface area contributed by atoms with E-state index < -0.39 is 0 Å². The number of hydrogen-bond acceptors (Lipinski definition) is 6. The van der Waals surface area contributed by atoms with Gasteiger partial charge < -0.3 is 24.3 Å². The number of nitrogens with one attached hydrogen (secondary N) is 1. The maximum absolute atomic E-state index is 5.45. The van der Waals surface area contributed by atoms with Gasteiger partial charge in [0, 0.05) is 59.8 Å². The lowest BCUT2D eigenvalue weighted by Crippen LogP contribution is -2.26. The number of anilines is 2. The van der Waals surface area contributed by atoms with Crippen molar-refractivity contribution in [3.8, 4) is 22.6 Å². The number of methoxy groups -OCH3 is 2. The predicted octanol–water partition coefficient (Wildman–Crippen LogP) is 7.49. The zero-order valence-electron chi connectivity index (χ0n) is 25.2. The normalized spacial score (nSPS) is 22.6. The molecule has 7 nitrogen and oxygen atoms in total. The first-order valence-electron chi connectivity index (χ1n) is 15.7. The van der Waals surface area contributed by atoms with Crippen LogP contribution in [0.5, 0.6) is 11.5 Å². The summed E-state index contributed by atoms with van der Waals surface area (Å²) in [6, 6.07) is 15.5. The van der Waals surface area contributed by atoms with Gasteiger partial charge in [-0.15, -0.1) is 0 Å². The van der Waals surface area contributed by atoms with Crippen LogP contribution in [0.4, 0.5) is 11.6 Å². The lowest BCUT2D eigenvalue weighted by atomic mass is 9.95. The molecule has 0 spiro atoms. The molecule has 0 bridgehead atoms. The van der Waals surface area contributed by atoms with Gasteiger partial charge in [-0.05, 0) is 74.6 Å². The van der Waals surface area contributed by atoms with Crippen LogP contribution in [0.2, 0.25) is 0 Å². The van der Waals surface area contributed by atoms with E-state index in [-0.39, 0.29) is 0 Å². The third kappa shape index (κ3) is 5.47. The highest BCUT2D eigenvalue weighted by molar-refractivity contribution is 5.94. The summed E-state index contributed by atoms with van der Waals surface area (Å²) in [6.07, 6.45) is 14.5. The Hall–Kier alpha value is -3.58. The number of aromatic nitrogens is 3. The summed E-state index contributed by atoms with van der Waals surface area (Å²) in [7, 11) is 5.59. The highest BCUT2D eigenvalue weighted by atomic mass is 16.5. The SMILES string of the molecule is COc1cc(Nc2ncc3c(-c4ccc(CCC5C6CCN(C)CC56)cc4)cn(C4CCCCC4)c3n2)cc(OC)c1. The van der Waals surface area contributed by atoms with E-state index in [1.165, 1.54) is 81.1 Å². The van der Waals surface area contributed by atoms with Crippen LogP contribution in [0, 0.1) is 17.8 Å². The highest BCUT2D eigenvalue weighted by Gasteiger charge is 2.50. The monoisotopic (exact) mass is 565 g/mol. The van der Waals surface area contributed by atoms with Crippen LogP contribution in [0.15, 0.2) is 54.9 Å². The Morgan fingerprint density at radius 1 is 0.929 bits per heavy atom. The van der Waals surface area contributed by atoms with Crippen molar-refractivity contribution in [3.05, 3.63) is 60.4 Å². The molecule has 3 atom stereocenters. The summed E-state index contributed by atoms with van der Waals surface area (Å²) < 4.78 is 13.3. The minimum Gasteiger partial charge on any atom is -0.497 e. The highest BCUT2D eigenvalue weighted by Crippen LogP contribution is 2.53. The van der Waals surface area contributed by atoms with Gasteiger partial charge in [-0.25, -0.2) is 4.98 Å². The fourth-order valence-electron chi connectivity index (χ4n) is 7.62. The fourth-order valence-corrected chi connectivity index (χ4v) is 7.62. The van der Waals surface area contributed by atoms with Crippen LogP contribution < -0.4 is 14.8 Å². The molecule has 4 aromatic rings. The summed E-state index contributed by atoms with van der Waals surface area (Å²) in [5, 5.41) is 4.49. The Bertz CT molecular complexity index is 1520. The second-order valence-corrected chi connectivity index (χ2v) is 12.7. The minimum absolute atomic E-state index is 0.468. The molecule has 42 heavy (non-hydrogen) atoms. The van der Waals surface area contributed by atoms with Gasteiger partial charge in [-0.2, -0.15) is 4.98 Å². The third-order valence-corrected chi connectivity index (χ3v) is 10.1. The lowest BCUT2D eigenvalue weighted by Gasteiger charge is -2.23. The van der Waals surface area contributed by atoms with Gasteiger partial charge >= 0.3 is 0 Å². The lowest BCUT2D eigenvalue weighted by molar-refractivity contribution is 0.265. The second kappa shape index (κ2) is 11.6. The topological polar surface area (TPSA) is 64.4 Å². The molecule has 2 aliphatic carbocycles. The average molecular weight is 566 g/mol. The molecule has 7 rings (SSSR count). The predicted molar refractivity (Wildman–Crippen MR) is 169 cm³/mol. The van der Waals surface area contributed by atoms with Crippen LogP contribution in [-0.4, -0.2) is 53.8 Å². The fraction of sp³-hybridized carbons (Fsp3) is 0.486. The van der Waals surface area contributed by atoms with E-state index in [0.29, 0.717) is 12.0 Å². The van der Waals surface area contributed by atoms with Crippen molar-refractivity contribution in [1.82, 2.24) is 19.4 Å². The molecular weight excluding hydrogens is 522 g/mol. The largest absolute Gasteiger partial charge is 0.497 e. The Morgan fingerprint density at radius 3 is 2.40 bits per heavy atom. The Kier molecular flexibility index (Phi) is 7.53. The Balaban J connectivity index is 1.14. The van der Waals surface area contributed by atoms with E-state index in [2.05, 4.69) is 52.3 Å². The van der Waals surface area contributed by atoms with Crippen molar-refractivity contribution >= 4 is 22.7 Å². The van der Waals surface area contributed by atoms with E-state index in [1.54, 1.807) is 14.2 Å². The summed E-state index contributed by atoms with van der Waals surface area (Å²) in [5.41, 5.74) is 5.72. The molecule has 220 valence electrons. The molecule has 2 aromatic carbocycles. The number of benzene rings is 2. The Morgan fingerprint density at radius 2 is 1.69 bits per heavy atom. The number of piperidine rings is 1. The maximum Gasteiger partial charge on any atom is 0.229 e. The Labute approximate surface area is 249 Å². The number of hydrogen-bond donors (Lipinski definition) is 1. The summed E-state index contributed by atoms with van der Waals surface area (Å²) in [5.74, 6) is 4.87. The van der Waals surface area contributed by atoms with Crippen LogP contribution in [-0.2, 0) is 6.42 Å². The molecule has 2 aromatic heterocycles. The maximum atomic E-state index is 5.45. The first-order chi connectivity index (χ1) is 20.6. The van der Waals surface area contributed by atoms with Crippen molar-refractivity contribution in [1.29, 1.82) is 0 Å². The molecule has 3 aliphatic rings. The first kappa shape index (κ1) is 27.3. The first-order valence-corrected chi connectivity index (χ1v) is 15.7. The van der Waals surface area contributed by atoms with Gasteiger partial charge in [0.1, 0.15) is 17.1 Å². The standard InChI is InChI=1S/C35H43N5O2/c1-39-16-15-30-29(33(30)21-39)14-11-23-9-12-24(13-10-23)32-22-40(26-7-5-4-6-8-26)34-31(32)20-36-35(38-34)37-25-17-27(41-2)19-28(18-25)42-3/h9-10,12-13,17-20,22,26,29-30,33H,4-8,11,14-16,21H2,1-3H3,(H,36,37,38). The van der Waals surface area contributed by atoms with Crippen LogP contribution in [0.25, 0.3) is 22.2 Å². The number of fused-ring (bicyclic) bond motifs is 2. The zero-order chi connectivity index (χ0) is 28.6. The van der Waals surface area contributed by atoms with Gasteiger partial charge in [0.15, 0.2) is 0 Å². The average Bonchev–Trinajstić information content (AvgIpc) is 3.58. The molecule has 3 heterocycles. The van der Waals surface area contributed by atoms with Gasteiger partial charge in [-0.3, -0.25) is 0 Å². The van der Waals surface area contributed by atoms with Gasteiger partial charge in [-0.1, -0.05) is 43.5 Å². The van der Waals surface area contributed by atoms with E-state index in [9.17, 15) is 0 Å². The van der Waals surface area contributed by atoms with Crippen molar-refractivity contribution in [2.75, 3.05) is 39.7 Å². The van der Waals surface area contributed by atoms with Gasteiger partial charge in [0.25, 0.3) is 0 Å². The summed E-state index contributed by atoms with van der Waals surface area (Å²) in [6.45, 7) is 2.57. The number of likely N-dealkylation sites (tertiary alicyclic amines) is 1. The minimum atomic E-state index is 0.468. The van der Waals surface area contributed by atoms with E-state index in [1.807, 2.05) is 24.4 Å². The molecule has 3 unspecified atom stereocenters. The molecule has 1 saturated heterocycles. The third-order valence-electron chi connectivity index (χ3n) is 10.1. The van der Waals surface area contributed by atoms with E-state index in [0.717, 1.165) is 46.0 Å². The second-order valence-electron chi connectivity index (χ2n) is 12.7. The van der Waals surface area contributed by atoms with Gasteiger partial charge in [0.05, 0.1) is 14.2 Å². The van der Waals surface area contributed by atoms with Gasteiger partial charge in [0.2, 0.25) is 5.95 Å². The summed E-state index contributed by atoms with van der Waals surface area (Å²) >= 11 is 0. The number of aryl methyl sites for hydroxylation is 1. The number of nitrogens with zero attached hydrogens (tertiary/aromatic N) is 4. The van der Waals surface area contributed by atoms with Crippen LogP contribution in [0.3, 0.4) is 0 Å². The van der Waals surface area contributed by atoms with Crippen LogP contribution >= 0.6 is 0 Å². The molecule has 2 saturated carbocycles. The van der Waals surface area contributed by atoms with Crippen molar-refractivity contribution in [2.24, 2.45) is 17.8 Å². The molecule has 0 radical (unpaired) electrons. The van der Waals surface area contributed by atoms with E-state index >= 15 is 0 Å². The smallest absolute Gasteiger partial charge is 0.229 e. The molecule has 1 aliphatic heterocycles. The van der Waals surface area contributed by atoms with Crippen molar-refractivity contribution in [3.63, 3.8) is 0 Å². The molecule has 1 N–H and O–H groups in total. The number of ether oxygens (including phenoxy) is 2. The summed E-state index contributed by atoms with van der Waals surface area (Å²) in [4.78, 5) is 12.3. The van der Waals surface area contributed by atoms with E-state index in [4.69, 9.17) is 19.4 Å². The van der Waals surface area contributed by atoms with Crippen LogP contribution in [0.1, 0.15) is 56.6 Å².